The highest BCUT2D eigenvalue weighted by Crippen LogP contribution is 2.35. The third-order valence-corrected chi connectivity index (χ3v) is 4.57. The van der Waals surface area contributed by atoms with Gasteiger partial charge in [-0.25, -0.2) is 9.97 Å². The summed E-state index contributed by atoms with van der Waals surface area (Å²) in [5.41, 5.74) is 3.45. The van der Waals surface area contributed by atoms with Crippen LogP contribution in [0.3, 0.4) is 0 Å². The molecule has 114 valence electrons. The van der Waals surface area contributed by atoms with E-state index in [0.717, 1.165) is 45.8 Å². The third kappa shape index (κ3) is 2.52. The standard InChI is InChI=1S/C17H18N2O2S/c1-4-5-11-9-22-17(18-11)13-8-14(20)12-6-7-15(21-3)10(2)16(12)19-13/h6-9H,4-5H2,1-3H3,(H,19,20). The minimum absolute atomic E-state index is 0.220. The van der Waals surface area contributed by atoms with Gasteiger partial charge < -0.3 is 9.84 Å². The number of pyridine rings is 1. The van der Waals surface area contributed by atoms with Crippen LogP contribution in [0, 0.1) is 6.92 Å². The molecule has 0 bridgehead atoms. The molecule has 5 heteroatoms. The van der Waals surface area contributed by atoms with Gasteiger partial charge in [0.2, 0.25) is 0 Å². The minimum atomic E-state index is 0.220. The van der Waals surface area contributed by atoms with E-state index in [1.54, 1.807) is 24.5 Å². The van der Waals surface area contributed by atoms with Crippen molar-refractivity contribution in [2.75, 3.05) is 7.11 Å². The number of rotatable bonds is 4. The summed E-state index contributed by atoms with van der Waals surface area (Å²) in [5, 5.41) is 13.9. The first-order valence-electron chi connectivity index (χ1n) is 7.26. The normalized spacial score (nSPS) is 11.0. The van der Waals surface area contributed by atoms with Crippen LogP contribution < -0.4 is 4.74 Å². The van der Waals surface area contributed by atoms with Crippen molar-refractivity contribution >= 4 is 22.2 Å². The number of hydrogen-bond donors (Lipinski definition) is 1. The predicted molar refractivity (Wildman–Crippen MR) is 89.8 cm³/mol. The number of aromatic nitrogens is 2. The van der Waals surface area contributed by atoms with Gasteiger partial charge in [-0.3, -0.25) is 0 Å². The molecule has 0 saturated carbocycles. The molecule has 0 spiro atoms. The molecule has 0 unspecified atom stereocenters. The van der Waals surface area contributed by atoms with Gasteiger partial charge in [-0.05, 0) is 25.5 Å². The second-order valence-electron chi connectivity index (χ2n) is 5.21. The Morgan fingerprint density at radius 2 is 2.09 bits per heavy atom. The Kier molecular flexibility index (Phi) is 3.98. The topological polar surface area (TPSA) is 55.2 Å². The van der Waals surface area contributed by atoms with Crippen molar-refractivity contribution in [2.45, 2.75) is 26.7 Å². The fraction of sp³-hybridized carbons (Fsp3) is 0.294. The number of hydrogen-bond acceptors (Lipinski definition) is 5. The monoisotopic (exact) mass is 314 g/mol. The summed E-state index contributed by atoms with van der Waals surface area (Å²) in [7, 11) is 1.63. The predicted octanol–water partition coefficient (Wildman–Crippen LogP) is 4.33. The van der Waals surface area contributed by atoms with Gasteiger partial charge in [-0.1, -0.05) is 13.3 Å². The number of thiazole rings is 1. The molecule has 1 N–H and O–H groups in total. The molecule has 3 aromatic rings. The molecule has 0 atom stereocenters. The van der Waals surface area contributed by atoms with Crippen LogP contribution >= 0.6 is 11.3 Å². The number of aromatic hydroxyl groups is 1. The molecule has 0 saturated heterocycles. The number of benzene rings is 1. The van der Waals surface area contributed by atoms with E-state index in [1.807, 2.05) is 19.1 Å². The molecular weight excluding hydrogens is 296 g/mol. The van der Waals surface area contributed by atoms with E-state index >= 15 is 0 Å². The van der Waals surface area contributed by atoms with Crippen LogP contribution in [0.2, 0.25) is 0 Å². The maximum atomic E-state index is 10.3. The third-order valence-electron chi connectivity index (χ3n) is 3.66. The fourth-order valence-corrected chi connectivity index (χ4v) is 3.33. The molecule has 0 aliphatic rings. The number of nitrogens with zero attached hydrogens (tertiary/aromatic N) is 2. The number of ether oxygens (including phenoxy) is 1. The lowest BCUT2D eigenvalue weighted by molar-refractivity contribution is 0.412. The first-order valence-corrected chi connectivity index (χ1v) is 8.14. The lowest BCUT2D eigenvalue weighted by Gasteiger charge is -2.09. The second-order valence-corrected chi connectivity index (χ2v) is 6.07. The molecule has 3 rings (SSSR count). The summed E-state index contributed by atoms with van der Waals surface area (Å²) < 4.78 is 5.34. The van der Waals surface area contributed by atoms with E-state index in [2.05, 4.69) is 17.3 Å². The largest absolute Gasteiger partial charge is 0.507 e. The van der Waals surface area contributed by atoms with E-state index in [-0.39, 0.29) is 5.75 Å². The van der Waals surface area contributed by atoms with Crippen LogP contribution in [0.25, 0.3) is 21.6 Å². The lowest BCUT2D eigenvalue weighted by atomic mass is 10.1. The number of fused-ring (bicyclic) bond motifs is 1. The van der Waals surface area contributed by atoms with Gasteiger partial charge in [0.25, 0.3) is 0 Å². The first-order chi connectivity index (χ1) is 10.6. The van der Waals surface area contributed by atoms with E-state index in [9.17, 15) is 5.11 Å². The molecule has 4 nitrogen and oxygen atoms in total. The van der Waals surface area contributed by atoms with Gasteiger partial charge >= 0.3 is 0 Å². The molecule has 22 heavy (non-hydrogen) atoms. The molecular formula is C17H18N2O2S. The Bertz CT molecular complexity index is 827. The molecule has 1 aromatic carbocycles. The van der Waals surface area contributed by atoms with Crippen LogP contribution in [0.1, 0.15) is 24.6 Å². The first kappa shape index (κ1) is 14.8. The van der Waals surface area contributed by atoms with Crippen molar-refractivity contribution in [2.24, 2.45) is 0 Å². The van der Waals surface area contributed by atoms with Gasteiger partial charge in [-0.2, -0.15) is 0 Å². The average Bonchev–Trinajstić information content (AvgIpc) is 2.97. The van der Waals surface area contributed by atoms with Crippen LogP contribution in [0.5, 0.6) is 11.5 Å². The smallest absolute Gasteiger partial charge is 0.142 e. The molecule has 0 amide bonds. The van der Waals surface area contributed by atoms with Crippen molar-refractivity contribution in [3.8, 4) is 22.2 Å². The Hall–Kier alpha value is -2.14. The zero-order chi connectivity index (χ0) is 15.7. The lowest BCUT2D eigenvalue weighted by Crippen LogP contribution is -1.93. The molecule has 0 radical (unpaired) electrons. The summed E-state index contributed by atoms with van der Waals surface area (Å²) in [6, 6.07) is 5.36. The molecule has 0 aliphatic carbocycles. The van der Waals surface area contributed by atoms with Crippen molar-refractivity contribution in [3.63, 3.8) is 0 Å². The summed E-state index contributed by atoms with van der Waals surface area (Å²) >= 11 is 1.56. The Labute approximate surface area is 133 Å². The fourth-order valence-electron chi connectivity index (χ4n) is 2.52. The van der Waals surface area contributed by atoms with Crippen molar-refractivity contribution < 1.29 is 9.84 Å². The SMILES string of the molecule is CCCc1csc(-c2cc(O)c3ccc(OC)c(C)c3n2)n1. The summed E-state index contributed by atoms with van der Waals surface area (Å²) in [5.74, 6) is 0.986. The highest BCUT2D eigenvalue weighted by molar-refractivity contribution is 7.13. The average molecular weight is 314 g/mol. The van der Waals surface area contributed by atoms with Crippen LogP contribution in [-0.2, 0) is 6.42 Å². The zero-order valence-corrected chi connectivity index (χ0v) is 13.7. The van der Waals surface area contributed by atoms with Gasteiger partial charge in [0.1, 0.15) is 22.2 Å². The molecule has 2 heterocycles. The van der Waals surface area contributed by atoms with E-state index < -0.39 is 0 Å². The Balaban J connectivity index is 2.16. The number of aryl methyl sites for hydroxylation is 2. The van der Waals surface area contributed by atoms with Gasteiger partial charge in [0, 0.05) is 22.4 Å². The van der Waals surface area contributed by atoms with Crippen LogP contribution in [0.15, 0.2) is 23.6 Å². The molecule has 2 aromatic heterocycles. The molecule has 0 aliphatic heterocycles. The highest BCUT2D eigenvalue weighted by atomic mass is 32.1. The van der Waals surface area contributed by atoms with E-state index in [4.69, 9.17) is 9.72 Å². The zero-order valence-electron chi connectivity index (χ0n) is 12.9. The van der Waals surface area contributed by atoms with Gasteiger partial charge in [0.15, 0.2) is 0 Å². The van der Waals surface area contributed by atoms with Crippen molar-refractivity contribution in [1.29, 1.82) is 0 Å². The van der Waals surface area contributed by atoms with Crippen LogP contribution in [-0.4, -0.2) is 22.2 Å². The van der Waals surface area contributed by atoms with Crippen molar-refractivity contribution in [3.05, 3.63) is 34.8 Å². The quantitative estimate of drug-likeness (QED) is 0.778. The summed E-state index contributed by atoms with van der Waals surface area (Å²) in [4.78, 5) is 9.30. The summed E-state index contributed by atoms with van der Waals surface area (Å²) in [6.07, 6.45) is 2.03. The maximum absolute atomic E-state index is 10.3. The Morgan fingerprint density at radius 3 is 2.82 bits per heavy atom. The van der Waals surface area contributed by atoms with Gasteiger partial charge in [0.05, 0.1) is 18.3 Å². The van der Waals surface area contributed by atoms with E-state index in [1.165, 1.54) is 0 Å². The summed E-state index contributed by atoms with van der Waals surface area (Å²) in [6.45, 7) is 4.08. The van der Waals surface area contributed by atoms with Gasteiger partial charge in [-0.15, -0.1) is 11.3 Å². The minimum Gasteiger partial charge on any atom is -0.507 e. The molecule has 0 fully saturated rings. The van der Waals surface area contributed by atoms with Crippen LogP contribution in [0.4, 0.5) is 0 Å². The highest BCUT2D eigenvalue weighted by Gasteiger charge is 2.13. The van der Waals surface area contributed by atoms with Crippen molar-refractivity contribution in [1.82, 2.24) is 9.97 Å². The van der Waals surface area contributed by atoms with E-state index in [0.29, 0.717) is 5.69 Å². The second kappa shape index (κ2) is 5.93. The maximum Gasteiger partial charge on any atom is 0.142 e. The Morgan fingerprint density at radius 1 is 1.27 bits per heavy atom. The number of methoxy groups -OCH3 is 1.